The van der Waals surface area contributed by atoms with Gasteiger partial charge in [0.15, 0.2) is 0 Å². The highest BCUT2D eigenvalue weighted by molar-refractivity contribution is 9.10. The molecule has 0 aliphatic rings. The standard InChI is InChI=1S/C17H16BrClO2/c1-11-2-5-13(16(19)8-11)10-14(17(20)21)9-12-3-6-15(18)7-4-12/h2-8,14H,9-10H2,1H3,(H,20,21). The molecule has 0 amide bonds. The van der Waals surface area contributed by atoms with Gasteiger partial charge in [-0.3, -0.25) is 4.79 Å². The molecule has 110 valence electrons. The Bertz CT molecular complexity index is 638. The molecule has 21 heavy (non-hydrogen) atoms. The van der Waals surface area contributed by atoms with Crippen LogP contribution in [0.15, 0.2) is 46.9 Å². The van der Waals surface area contributed by atoms with Gasteiger partial charge in [-0.1, -0.05) is 51.8 Å². The van der Waals surface area contributed by atoms with Gasteiger partial charge in [0, 0.05) is 9.50 Å². The van der Waals surface area contributed by atoms with Crippen molar-refractivity contribution >= 4 is 33.5 Å². The SMILES string of the molecule is Cc1ccc(CC(Cc2ccc(Br)cc2)C(=O)O)c(Cl)c1. The third kappa shape index (κ3) is 4.58. The van der Waals surface area contributed by atoms with E-state index in [0.29, 0.717) is 17.9 Å². The maximum Gasteiger partial charge on any atom is 0.307 e. The van der Waals surface area contributed by atoms with Crippen molar-refractivity contribution in [3.05, 3.63) is 68.7 Å². The van der Waals surface area contributed by atoms with Crippen LogP contribution in [0, 0.1) is 12.8 Å². The van der Waals surface area contributed by atoms with E-state index in [9.17, 15) is 9.90 Å². The van der Waals surface area contributed by atoms with E-state index < -0.39 is 11.9 Å². The van der Waals surface area contributed by atoms with Gasteiger partial charge in [0.1, 0.15) is 0 Å². The number of carboxylic acids is 1. The zero-order valence-electron chi connectivity index (χ0n) is 11.6. The van der Waals surface area contributed by atoms with E-state index in [2.05, 4.69) is 15.9 Å². The van der Waals surface area contributed by atoms with Crippen LogP contribution in [0.2, 0.25) is 5.02 Å². The Morgan fingerprint density at radius 2 is 1.86 bits per heavy atom. The highest BCUT2D eigenvalue weighted by atomic mass is 79.9. The predicted molar refractivity (Wildman–Crippen MR) is 88.9 cm³/mol. The number of hydrogen-bond acceptors (Lipinski definition) is 1. The van der Waals surface area contributed by atoms with Gasteiger partial charge in [0.05, 0.1) is 5.92 Å². The molecule has 0 aliphatic carbocycles. The van der Waals surface area contributed by atoms with E-state index in [1.165, 1.54) is 0 Å². The highest BCUT2D eigenvalue weighted by Gasteiger charge is 2.20. The number of rotatable bonds is 5. The minimum Gasteiger partial charge on any atom is -0.481 e. The number of carboxylic acid groups (broad SMARTS) is 1. The molecule has 0 saturated heterocycles. The fraction of sp³-hybridized carbons (Fsp3) is 0.235. The Balaban J connectivity index is 2.15. The largest absolute Gasteiger partial charge is 0.481 e. The Morgan fingerprint density at radius 1 is 1.19 bits per heavy atom. The molecule has 2 aromatic carbocycles. The summed E-state index contributed by atoms with van der Waals surface area (Å²) in [6, 6.07) is 13.5. The van der Waals surface area contributed by atoms with Crippen LogP contribution < -0.4 is 0 Å². The summed E-state index contributed by atoms with van der Waals surface area (Å²) in [7, 11) is 0. The lowest BCUT2D eigenvalue weighted by Gasteiger charge is -2.14. The molecule has 0 aromatic heterocycles. The van der Waals surface area contributed by atoms with Gasteiger partial charge in [-0.2, -0.15) is 0 Å². The second-order valence-electron chi connectivity index (χ2n) is 5.16. The van der Waals surface area contributed by atoms with Gasteiger partial charge in [-0.15, -0.1) is 0 Å². The van der Waals surface area contributed by atoms with E-state index >= 15 is 0 Å². The monoisotopic (exact) mass is 366 g/mol. The summed E-state index contributed by atoms with van der Waals surface area (Å²) in [6.07, 6.45) is 0.928. The van der Waals surface area contributed by atoms with Gasteiger partial charge in [0.25, 0.3) is 0 Å². The Kier molecular flexibility index (Phi) is 5.43. The molecule has 2 rings (SSSR count). The van der Waals surface area contributed by atoms with Gasteiger partial charge in [-0.05, 0) is 54.7 Å². The normalized spacial score (nSPS) is 12.1. The minimum absolute atomic E-state index is 0.435. The maximum atomic E-state index is 11.5. The summed E-state index contributed by atoms with van der Waals surface area (Å²) in [5.41, 5.74) is 2.96. The number of halogens is 2. The molecule has 0 heterocycles. The van der Waals surface area contributed by atoms with E-state index in [0.717, 1.165) is 21.2 Å². The van der Waals surface area contributed by atoms with E-state index in [1.54, 1.807) is 0 Å². The van der Waals surface area contributed by atoms with Crippen molar-refractivity contribution in [3.63, 3.8) is 0 Å². The van der Waals surface area contributed by atoms with Gasteiger partial charge < -0.3 is 5.11 Å². The van der Waals surface area contributed by atoms with Gasteiger partial charge in [-0.25, -0.2) is 0 Å². The van der Waals surface area contributed by atoms with Crippen LogP contribution in [-0.4, -0.2) is 11.1 Å². The summed E-state index contributed by atoms with van der Waals surface area (Å²) in [5.74, 6) is -1.28. The van der Waals surface area contributed by atoms with Crippen LogP contribution in [0.3, 0.4) is 0 Å². The summed E-state index contributed by atoms with van der Waals surface area (Å²) in [4.78, 5) is 11.5. The third-order valence-electron chi connectivity index (χ3n) is 3.42. The Morgan fingerprint density at radius 3 is 2.43 bits per heavy atom. The summed E-state index contributed by atoms with van der Waals surface area (Å²) in [5, 5.41) is 10.1. The van der Waals surface area contributed by atoms with Crippen molar-refractivity contribution in [1.29, 1.82) is 0 Å². The first-order chi connectivity index (χ1) is 9.95. The predicted octanol–water partition coefficient (Wildman–Crippen LogP) is 4.90. The zero-order valence-corrected chi connectivity index (χ0v) is 14.0. The first-order valence-corrected chi connectivity index (χ1v) is 7.85. The fourth-order valence-corrected chi connectivity index (χ4v) is 2.81. The summed E-state index contributed by atoms with van der Waals surface area (Å²) in [6.45, 7) is 1.96. The smallest absolute Gasteiger partial charge is 0.307 e. The molecule has 1 N–H and O–H groups in total. The van der Waals surface area contributed by atoms with Gasteiger partial charge >= 0.3 is 5.97 Å². The zero-order chi connectivity index (χ0) is 15.4. The highest BCUT2D eigenvalue weighted by Crippen LogP contribution is 2.23. The van der Waals surface area contributed by atoms with Crippen LogP contribution in [-0.2, 0) is 17.6 Å². The average Bonchev–Trinajstić information content (AvgIpc) is 2.43. The van der Waals surface area contributed by atoms with E-state index in [-0.39, 0.29) is 0 Å². The molecule has 0 fully saturated rings. The first-order valence-electron chi connectivity index (χ1n) is 6.68. The molecule has 0 aliphatic heterocycles. The second-order valence-corrected chi connectivity index (χ2v) is 6.49. The lowest BCUT2D eigenvalue weighted by molar-refractivity contribution is -0.141. The van der Waals surface area contributed by atoms with Crippen molar-refractivity contribution in [2.24, 2.45) is 5.92 Å². The van der Waals surface area contributed by atoms with Crippen molar-refractivity contribution in [1.82, 2.24) is 0 Å². The number of aliphatic carboxylic acids is 1. The lowest BCUT2D eigenvalue weighted by Crippen LogP contribution is -2.19. The van der Waals surface area contributed by atoms with Crippen molar-refractivity contribution in [3.8, 4) is 0 Å². The topological polar surface area (TPSA) is 37.3 Å². The van der Waals surface area contributed by atoms with Crippen molar-refractivity contribution in [2.75, 3.05) is 0 Å². The number of benzene rings is 2. The van der Waals surface area contributed by atoms with Crippen LogP contribution in [0.25, 0.3) is 0 Å². The van der Waals surface area contributed by atoms with Crippen molar-refractivity contribution < 1.29 is 9.90 Å². The molecular formula is C17H16BrClO2. The molecule has 1 unspecified atom stereocenters. The van der Waals surface area contributed by atoms with Crippen LogP contribution in [0.5, 0.6) is 0 Å². The van der Waals surface area contributed by atoms with E-state index in [4.69, 9.17) is 11.6 Å². The average molecular weight is 368 g/mol. The molecule has 2 aromatic rings. The fourth-order valence-electron chi connectivity index (χ4n) is 2.24. The van der Waals surface area contributed by atoms with Crippen LogP contribution in [0.1, 0.15) is 16.7 Å². The first kappa shape index (κ1) is 16.1. The molecule has 0 saturated carbocycles. The Labute approximate surface area is 137 Å². The van der Waals surface area contributed by atoms with Gasteiger partial charge in [0.2, 0.25) is 0 Å². The Hall–Kier alpha value is -1.32. The number of hydrogen-bond donors (Lipinski definition) is 1. The third-order valence-corrected chi connectivity index (χ3v) is 4.30. The van der Waals surface area contributed by atoms with Crippen LogP contribution in [0.4, 0.5) is 0 Å². The molecular weight excluding hydrogens is 352 g/mol. The maximum absolute atomic E-state index is 11.5. The summed E-state index contributed by atoms with van der Waals surface area (Å²) < 4.78 is 0.986. The number of carbonyl (C=O) groups is 1. The van der Waals surface area contributed by atoms with E-state index in [1.807, 2.05) is 49.4 Å². The quantitative estimate of drug-likeness (QED) is 0.816. The lowest BCUT2D eigenvalue weighted by atomic mass is 9.92. The number of aryl methyl sites for hydroxylation is 1. The minimum atomic E-state index is -0.797. The molecule has 2 nitrogen and oxygen atoms in total. The second kappa shape index (κ2) is 7.10. The molecule has 0 spiro atoms. The molecule has 4 heteroatoms. The van der Waals surface area contributed by atoms with Crippen molar-refractivity contribution in [2.45, 2.75) is 19.8 Å². The summed E-state index contributed by atoms with van der Waals surface area (Å²) >= 11 is 9.58. The molecule has 1 atom stereocenters. The van der Waals surface area contributed by atoms with Crippen LogP contribution >= 0.6 is 27.5 Å². The molecule has 0 radical (unpaired) electrons. The molecule has 0 bridgehead atoms.